The highest BCUT2D eigenvalue weighted by atomic mass is 16.5. The van der Waals surface area contributed by atoms with E-state index in [4.69, 9.17) is 9.84 Å². The van der Waals surface area contributed by atoms with Crippen LogP contribution in [0.15, 0.2) is 0 Å². The number of rotatable bonds is 6. The van der Waals surface area contributed by atoms with Crippen LogP contribution >= 0.6 is 0 Å². The quantitative estimate of drug-likeness (QED) is 0.754. The van der Waals surface area contributed by atoms with E-state index in [9.17, 15) is 9.59 Å². The molecule has 0 aromatic heterocycles. The van der Waals surface area contributed by atoms with Gasteiger partial charge in [0.1, 0.15) is 5.60 Å². The van der Waals surface area contributed by atoms with Crippen molar-refractivity contribution in [2.24, 2.45) is 11.8 Å². The molecule has 0 aromatic rings. The van der Waals surface area contributed by atoms with Crippen LogP contribution in [0.5, 0.6) is 0 Å². The summed E-state index contributed by atoms with van der Waals surface area (Å²) in [6, 6.07) is 0. The standard InChI is InChI=1S/C13H23NO4/c1-4-13(2,18-3)12(17)14-8-9-6-5-7-10(9)11(15)16/h9-10H,4-8H2,1-3H3,(H,14,17)(H,15,16). The van der Waals surface area contributed by atoms with Gasteiger partial charge >= 0.3 is 5.97 Å². The number of hydrogen-bond donors (Lipinski definition) is 2. The zero-order valence-electron chi connectivity index (χ0n) is 11.4. The van der Waals surface area contributed by atoms with Gasteiger partial charge in [-0.1, -0.05) is 13.3 Å². The van der Waals surface area contributed by atoms with Gasteiger partial charge in [-0.3, -0.25) is 9.59 Å². The number of aliphatic carboxylic acids is 1. The van der Waals surface area contributed by atoms with Crippen molar-refractivity contribution in [1.29, 1.82) is 0 Å². The van der Waals surface area contributed by atoms with Crippen LogP contribution in [0.4, 0.5) is 0 Å². The number of carbonyl (C=O) groups is 2. The zero-order valence-corrected chi connectivity index (χ0v) is 11.4. The molecule has 0 radical (unpaired) electrons. The highest BCUT2D eigenvalue weighted by molar-refractivity contribution is 5.84. The second kappa shape index (κ2) is 6.18. The number of amides is 1. The second-order valence-electron chi connectivity index (χ2n) is 5.13. The van der Waals surface area contributed by atoms with Gasteiger partial charge in [0.15, 0.2) is 0 Å². The summed E-state index contributed by atoms with van der Waals surface area (Å²) in [6.45, 7) is 4.05. The normalized spacial score (nSPS) is 26.6. The maximum absolute atomic E-state index is 12.0. The molecule has 1 fully saturated rings. The van der Waals surface area contributed by atoms with Crippen LogP contribution in [0, 0.1) is 11.8 Å². The molecule has 5 nitrogen and oxygen atoms in total. The summed E-state index contributed by atoms with van der Waals surface area (Å²) >= 11 is 0. The molecular formula is C13H23NO4. The summed E-state index contributed by atoms with van der Waals surface area (Å²) in [7, 11) is 1.51. The van der Waals surface area contributed by atoms with Crippen molar-refractivity contribution in [1.82, 2.24) is 5.32 Å². The smallest absolute Gasteiger partial charge is 0.306 e. The molecule has 0 bridgehead atoms. The van der Waals surface area contributed by atoms with Crippen molar-refractivity contribution in [3.8, 4) is 0 Å². The largest absolute Gasteiger partial charge is 0.481 e. The molecule has 18 heavy (non-hydrogen) atoms. The Hall–Kier alpha value is -1.10. The van der Waals surface area contributed by atoms with Gasteiger partial charge in [0, 0.05) is 13.7 Å². The van der Waals surface area contributed by atoms with Crippen molar-refractivity contribution in [3.63, 3.8) is 0 Å². The van der Waals surface area contributed by atoms with Crippen LogP contribution in [0.2, 0.25) is 0 Å². The summed E-state index contributed by atoms with van der Waals surface area (Å²) in [5.41, 5.74) is -0.822. The van der Waals surface area contributed by atoms with Crippen LogP contribution in [0.1, 0.15) is 39.5 Å². The van der Waals surface area contributed by atoms with E-state index in [1.165, 1.54) is 7.11 Å². The second-order valence-corrected chi connectivity index (χ2v) is 5.13. The van der Waals surface area contributed by atoms with E-state index >= 15 is 0 Å². The lowest BCUT2D eigenvalue weighted by Gasteiger charge is -2.26. The fourth-order valence-corrected chi connectivity index (χ4v) is 2.41. The number of hydrogen-bond acceptors (Lipinski definition) is 3. The van der Waals surface area contributed by atoms with Crippen molar-refractivity contribution in [2.75, 3.05) is 13.7 Å². The fourth-order valence-electron chi connectivity index (χ4n) is 2.41. The van der Waals surface area contributed by atoms with Gasteiger partial charge in [-0.2, -0.15) is 0 Å². The first-order valence-corrected chi connectivity index (χ1v) is 6.51. The minimum Gasteiger partial charge on any atom is -0.481 e. The van der Waals surface area contributed by atoms with Crippen LogP contribution < -0.4 is 5.32 Å². The Labute approximate surface area is 108 Å². The first-order valence-electron chi connectivity index (χ1n) is 6.51. The monoisotopic (exact) mass is 257 g/mol. The lowest BCUT2D eigenvalue weighted by molar-refractivity contribution is -0.145. The molecule has 1 saturated carbocycles. The number of methoxy groups -OCH3 is 1. The van der Waals surface area contributed by atoms with Gasteiger partial charge in [-0.05, 0) is 32.1 Å². The molecule has 1 aliphatic rings. The Morgan fingerprint density at radius 2 is 2.11 bits per heavy atom. The molecule has 0 spiro atoms. The average Bonchev–Trinajstić information content (AvgIpc) is 2.83. The van der Waals surface area contributed by atoms with Crippen molar-refractivity contribution >= 4 is 11.9 Å². The summed E-state index contributed by atoms with van der Waals surface area (Å²) in [5.74, 6) is -1.19. The van der Waals surface area contributed by atoms with E-state index in [1.807, 2.05) is 6.92 Å². The minimum absolute atomic E-state index is 0.0458. The molecule has 1 rings (SSSR count). The third-order valence-electron chi connectivity index (χ3n) is 4.11. The summed E-state index contributed by atoms with van der Waals surface area (Å²) in [4.78, 5) is 23.0. The van der Waals surface area contributed by atoms with Gasteiger partial charge in [0.05, 0.1) is 5.92 Å². The number of carboxylic acids is 1. The lowest BCUT2D eigenvalue weighted by atomic mass is 9.95. The molecule has 5 heteroatoms. The van der Waals surface area contributed by atoms with E-state index in [0.717, 1.165) is 12.8 Å². The van der Waals surface area contributed by atoms with E-state index < -0.39 is 11.6 Å². The van der Waals surface area contributed by atoms with Crippen LogP contribution in [0.3, 0.4) is 0 Å². The molecule has 2 N–H and O–H groups in total. The molecule has 3 atom stereocenters. The van der Waals surface area contributed by atoms with E-state index in [0.29, 0.717) is 19.4 Å². The Kier molecular flexibility index (Phi) is 5.14. The van der Waals surface area contributed by atoms with E-state index in [2.05, 4.69) is 5.32 Å². The number of carboxylic acid groups (broad SMARTS) is 1. The number of ether oxygens (including phenoxy) is 1. The summed E-state index contributed by atoms with van der Waals surface area (Å²) < 4.78 is 5.21. The van der Waals surface area contributed by atoms with E-state index in [-0.39, 0.29) is 17.7 Å². The van der Waals surface area contributed by atoms with Crippen LogP contribution in [-0.2, 0) is 14.3 Å². The number of carbonyl (C=O) groups excluding carboxylic acids is 1. The average molecular weight is 257 g/mol. The first-order chi connectivity index (χ1) is 8.44. The topological polar surface area (TPSA) is 75.6 Å². The van der Waals surface area contributed by atoms with Crippen molar-refractivity contribution in [2.45, 2.75) is 45.1 Å². The molecule has 0 saturated heterocycles. The molecule has 1 aliphatic carbocycles. The Morgan fingerprint density at radius 1 is 1.44 bits per heavy atom. The lowest BCUT2D eigenvalue weighted by Crippen LogP contribution is -2.47. The fraction of sp³-hybridized carbons (Fsp3) is 0.846. The Balaban J connectivity index is 2.50. The molecular weight excluding hydrogens is 234 g/mol. The molecule has 1 amide bonds. The van der Waals surface area contributed by atoms with Gasteiger partial charge in [-0.15, -0.1) is 0 Å². The Bertz CT molecular complexity index is 312. The number of nitrogens with one attached hydrogen (secondary N) is 1. The molecule has 3 unspecified atom stereocenters. The zero-order chi connectivity index (χ0) is 13.8. The van der Waals surface area contributed by atoms with Gasteiger partial charge in [-0.25, -0.2) is 0 Å². The molecule has 0 aliphatic heterocycles. The summed E-state index contributed by atoms with van der Waals surface area (Å²) in [5, 5.41) is 11.9. The maximum atomic E-state index is 12.0. The molecule has 0 aromatic carbocycles. The van der Waals surface area contributed by atoms with E-state index in [1.54, 1.807) is 6.92 Å². The van der Waals surface area contributed by atoms with Crippen LogP contribution in [0.25, 0.3) is 0 Å². The highest BCUT2D eigenvalue weighted by Gasteiger charge is 2.35. The highest BCUT2D eigenvalue weighted by Crippen LogP contribution is 2.31. The maximum Gasteiger partial charge on any atom is 0.306 e. The Morgan fingerprint density at radius 3 is 2.61 bits per heavy atom. The third-order valence-corrected chi connectivity index (χ3v) is 4.11. The van der Waals surface area contributed by atoms with Crippen molar-refractivity contribution < 1.29 is 19.4 Å². The third kappa shape index (κ3) is 3.22. The van der Waals surface area contributed by atoms with Gasteiger partial charge in [0.25, 0.3) is 5.91 Å². The molecule has 104 valence electrons. The molecule has 0 heterocycles. The first kappa shape index (κ1) is 15.0. The van der Waals surface area contributed by atoms with Crippen molar-refractivity contribution in [3.05, 3.63) is 0 Å². The SMILES string of the molecule is CCC(C)(OC)C(=O)NCC1CCCC1C(=O)O. The van der Waals surface area contributed by atoms with Crippen LogP contribution in [-0.4, -0.2) is 36.2 Å². The predicted molar refractivity (Wildman–Crippen MR) is 67.2 cm³/mol. The van der Waals surface area contributed by atoms with Gasteiger partial charge < -0.3 is 15.2 Å². The summed E-state index contributed by atoms with van der Waals surface area (Å²) in [6.07, 6.45) is 3.09. The van der Waals surface area contributed by atoms with Gasteiger partial charge in [0.2, 0.25) is 0 Å². The predicted octanol–water partition coefficient (Wildman–Crippen LogP) is 1.42. The minimum atomic E-state index is -0.822.